The highest BCUT2D eigenvalue weighted by molar-refractivity contribution is 5.79. The number of benzene rings is 5. The van der Waals surface area contributed by atoms with Gasteiger partial charge in [-0.1, -0.05) is 183 Å². The Bertz CT molecular complexity index is 1290. The summed E-state index contributed by atoms with van der Waals surface area (Å²) in [6.07, 6.45) is 0. The summed E-state index contributed by atoms with van der Waals surface area (Å²) in [5.74, 6) is 0. The second-order valence-corrected chi connectivity index (χ2v) is 8.48. The van der Waals surface area contributed by atoms with E-state index < -0.39 is 0 Å². The van der Waals surface area contributed by atoms with E-state index in [9.17, 15) is 0 Å². The van der Waals surface area contributed by atoms with Gasteiger partial charge in [0.25, 0.3) is 0 Å². The van der Waals surface area contributed by atoms with Gasteiger partial charge in [-0.15, -0.1) is 0 Å². The van der Waals surface area contributed by atoms with Crippen LogP contribution in [-0.4, -0.2) is 0 Å². The van der Waals surface area contributed by atoms with E-state index in [2.05, 4.69) is 135 Å². The third kappa shape index (κ3) is 11.5. The first-order valence-corrected chi connectivity index (χ1v) is 16.1. The minimum Gasteiger partial charge on any atom is -0.0683 e. The average molecular weight is 561 g/mol. The highest BCUT2D eigenvalue weighted by Gasteiger charge is 2.06. The second kappa shape index (κ2) is 22.8. The second-order valence-electron chi connectivity index (χ2n) is 8.48. The summed E-state index contributed by atoms with van der Waals surface area (Å²) in [5, 5.41) is 0. The molecule has 0 saturated carbocycles. The van der Waals surface area contributed by atoms with Gasteiger partial charge >= 0.3 is 0 Å². The molecule has 0 heteroatoms. The van der Waals surface area contributed by atoms with Gasteiger partial charge in [-0.25, -0.2) is 0 Å². The fourth-order valence-electron chi connectivity index (χ4n) is 4.28. The Labute approximate surface area is 259 Å². The van der Waals surface area contributed by atoms with Crippen LogP contribution in [0.15, 0.2) is 121 Å². The highest BCUT2D eigenvalue weighted by atomic mass is 14.1. The fraction of sp³-hybridized carbons (Fsp3) is 0.286. The molecule has 5 aromatic rings. The molecule has 0 saturated heterocycles. The molecule has 0 N–H and O–H groups in total. The lowest BCUT2D eigenvalue weighted by Gasteiger charge is -2.10. The predicted octanol–water partition coefficient (Wildman–Crippen LogP) is 14.1. The van der Waals surface area contributed by atoms with Gasteiger partial charge in [0.2, 0.25) is 0 Å². The van der Waals surface area contributed by atoms with Crippen molar-refractivity contribution in [3.05, 3.63) is 132 Å². The molecule has 224 valence electrons. The van der Waals surface area contributed by atoms with Crippen LogP contribution in [0.3, 0.4) is 0 Å². The number of rotatable bonds is 4. The lowest BCUT2D eigenvalue weighted by Crippen LogP contribution is -1.85. The SMILES string of the molecule is CC.CC.CC.CC.CC.Cc1cccc(-c2cccc(-c3cccc(-c4cccc(-c5cccc(C)c5)c4)c3)c2)c1. The molecule has 0 bridgehead atoms. The van der Waals surface area contributed by atoms with Crippen LogP contribution in [0.5, 0.6) is 0 Å². The normalized spacial score (nSPS) is 8.95. The molecular formula is C42H56. The van der Waals surface area contributed by atoms with E-state index in [-0.39, 0.29) is 0 Å². The summed E-state index contributed by atoms with van der Waals surface area (Å²) in [7, 11) is 0. The van der Waals surface area contributed by atoms with Crippen molar-refractivity contribution in [2.24, 2.45) is 0 Å². The molecule has 5 aromatic carbocycles. The van der Waals surface area contributed by atoms with Crippen LogP contribution >= 0.6 is 0 Å². The van der Waals surface area contributed by atoms with Crippen molar-refractivity contribution in [3.63, 3.8) is 0 Å². The maximum atomic E-state index is 2.30. The van der Waals surface area contributed by atoms with Crippen LogP contribution in [0.25, 0.3) is 44.5 Å². The van der Waals surface area contributed by atoms with Crippen molar-refractivity contribution >= 4 is 0 Å². The Morgan fingerprint density at radius 1 is 0.238 bits per heavy atom. The van der Waals surface area contributed by atoms with Gasteiger partial charge in [0.1, 0.15) is 0 Å². The molecule has 0 amide bonds. The highest BCUT2D eigenvalue weighted by Crippen LogP contribution is 2.31. The van der Waals surface area contributed by atoms with Gasteiger partial charge < -0.3 is 0 Å². The summed E-state index contributed by atoms with van der Waals surface area (Å²) >= 11 is 0. The molecule has 0 aromatic heterocycles. The molecule has 0 unspecified atom stereocenters. The van der Waals surface area contributed by atoms with Crippen LogP contribution in [0.1, 0.15) is 80.4 Å². The van der Waals surface area contributed by atoms with E-state index in [1.807, 2.05) is 69.2 Å². The molecule has 0 fully saturated rings. The zero-order valence-corrected chi connectivity index (χ0v) is 28.5. The maximum absolute atomic E-state index is 2.30. The Hall–Kier alpha value is -3.90. The van der Waals surface area contributed by atoms with Crippen LogP contribution in [0.2, 0.25) is 0 Å². The van der Waals surface area contributed by atoms with Crippen molar-refractivity contribution < 1.29 is 0 Å². The molecule has 0 spiro atoms. The Balaban J connectivity index is 0.00000153. The van der Waals surface area contributed by atoms with Crippen LogP contribution < -0.4 is 0 Å². The van der Waals surface area contributed by atoms with Gasteiger partial charge in [0.15, 0.2) is 0 Å². The molecule has 0 radical (unpaired) electrons. The zero-order chi connectivity index (χ0) is 31.9. The van der Waals surface area contributed by atoms with Crippen molar-refractivity contribution in [1.29, 1.82) is 0 Å². The number of hydrogen-bond donors (Lipinski definition) is 0. The topological polar surface area (TPSA) is 0 Å². The Morgan fingerprint density at radius 3 is 0.595 bits per heavy atom. The molecule has 0 nitrogen and oxygen atoms in total. The molecule has 0 atom stereocenters. The molecule has 42 heavy (non-hydrogen) atoms. The predicted molar refractivity (Wildman–Crippen MR) is 194 cm³/mol. The van der Waals surface area contributed by atoms with E-state index in [0.717, 1.165) is 0 Å². The lowest BCUT2D eigenvalue weighted by atomic mass is 9.94. The summed E-state index contributed by atoms with van der Waals surface area (Å²) < 4.78 is 0. The minimum atomic E-state index is 1.23. The van der Waals surface area contributed by atoms with Gasteiger partial charge in [0, 0.05) is 0 Å². The first kappa shape index (κ1) is 38.1. The van der Waals surface area contributed by atoms with Crippen LogP contribution in [0, 0.1) is 13.8 Å². The molecular weight excluding hydrogens is 504 g/mol. The standard InChI is InChI=1S/C32H26.5C2H6/c1-23-8-3-10-25(18-23)27-12-5-14-29(20-27)31-16-7-17-32(22-31)30-15-6-13-28(21-30)26-11-4-9-24(2)19-26;5*1-2/h3-22H,1-2H3;5*1-2H3. The van der Waals surface area contributed by atoms with E-state index in [1.54, 1.807) is 0 Å². The molecule has 5 rings (SSSR count). The van der Waals surface area contributed by atoms with E-state index >= 15 is 0 Å². The van der Waals surface area contributed by atoms with Crippen molar-refractivity contribution in [2.75, 3.05) is 0 Å². The van der Waals surface area contributed by atoms with Crippen molar-refractivity contribution in [2.45, 2.75) is 83.1 Å². The lowest BCUT2D eigenvalue weighted by molar-refractivity contribution is 1.46. The summed E-state index contributed by atoms with van der Waals surface area (Å²) in [6.45, 7) is 24.3. The first-order valence-electron chi connectivity index (χ1n) is 16.1. The monoisotopic (exact) mass is 560 g/mol. The quantitative estimate of drug-likeness (QED) is 0.205. The minimum absolute atomic E-state index is 1.23. The fourth-order valence-corrected chi connectivity index (χ4v) is 4.28. The maximum Gasteiger partial charge on any atom is -0.0178 e. The third-order valence-corrected chi connectivity index (χ3v) is 5.96. The van der Waals surface area contributed by atoms with Gasteiger partial charge in [-0.2, -0.15) is 0 Å². The van der Waals surface area contributed by atoms with Gasteiger partial charge in [-0.3, -0.25) is 0 Å². The average Bonchev–Trinajstić information content (AvgIpc) is 3.09. The first-order chi connectivity index (χ1) is 20.7. The van der Waals surface area contributed by atoms with Crippen LogP contribution in [-0.2, 0) is 0 Å². The summed E-state index contributed by atoms with van der Waals surface area (Å²) in [5.41, 5.74) is 12.5. The van der Waals surface area contributed by atoms with Gasteiger partial charge in [-0.05, 0) is 76.6 Å². The van der Waals surface area contributed by atoms with Crippen molar-refractivity contribution in [3.8, 4) is 44.5 Å². The Morgan fingerprint density at radius 2 is 0.405 bits per heavy atom. The van der Waals surface area contributed by atoms with E-state index in [0.29, 0.717) is 0 Å². The van der Waals surface area contributed by atoms with E-state index in [1.165, 1.54) is 55.6 Å². The summed E-state index contributed by atoms with van der Waals surface area (Å²) in [4.78, 5) is 0. The smallest absolute Gasteiger partial charge is 0.0178 e. The molecule has 0 aliphatic rings. The largest absolute Gasteiger partial charge is 0.0683 e. The number of aryl methyl sites for hydroxylation is 2. The molecule has 0 aliphatic carbocycles. The summed E-state index contributed by atoms with van der Waals surface area (Å²) in [6, 6.07) is 43.9. The van der Waals surface area contributed by atoms with E-state index in [4.69, 9.17) is 0 Å². The van der Waals surface area contributed by atoms with Gasteiger partial charge in [0.05, 0.1) is 0 Å². The zero-order valence-electron chi connectivity index (χ0n) is 28.5. The molecule has 0 heterocycles. The van der Waals surface area contributed by atoms with Crippen molar-refractivity contribution in [1.82, 2.24) is 0 Å². The Kier molecular flexibility index (Phi) is 20.6. The third-order valence-electron chi connectivity index (χ3n) is 5.96. The van der Waals surface area contributed by atoms with Crippen LogP contribution in [0.4, 0.5) is 0 Å². The number of hydrogen-bond acceptors (Lipinski definition) is 0. The molecule has 0 aliphatic heterocycles.